The van der Waals surface area contributed by atoms with Crippen molar-refractivity contribution in [1.29, 1.82) is 0 Å². The molecule has 0 bridgehead atoms. The maximum absolute atomic E-state index is 10.5. The van der Waals surface area contributed by atoms with Gasteiger partial charge in [0.25, 0.3) is 0 Å². The molecule has 6 nitrogen and oxygen atoms in total. The van der Waals surface area contributed by atoms with Crippen LogP contribution in [-0.4, -0.2) is 61.7 Å². The topological polar surface area (TPSA) is 93.0 Å². The molecule has 6 heteroatoms. The molecule has 0 amide bonds. The summed E-state index contributed by atoms with van der Waals surface area (Å²) in [7, 11) is 3.82. The highest BCUT2D eigenvalue weighted by molar-refractivity contribution is 5.88. The van der Waals surface area contributed by atoms with Gasteiger partial charge in [-0.3, -0.25) is 0 Å². The van der Waals surface area contributed by atoms with Crippen molar-refractivity contribution in [3.05, 3.63) is 29.8 Å². The van der Waals surface area contributed by atoms with Gasteiger partial charge in [-0.25, -0.2) is 4.79 Å². The van der Waals surface area contributed by atoms with Crippen molar-refractivity contribution in [2.45, 2.75) is 0 Å². The molecule has 1 aromatic rings. The smallest absolute Gasteiger partial charge is 0.335 e. The monoisotopic (exact) mass is 270 g/mol. The molecule has 1 rings (SSSR count). The first-order chi connectivity index (χ1) is 9.02. The lowest BCUT2D eigenvalue weighted by atomic mass is 10.2. The number of hydrogen-bond acceptors (Lipinski definition) is 5. The summed E-state index contributed by atoms with van der Waals surface area (Å²) in [5.74, 6) is -0.889. The molecule has 0 aliphatic carbocycles. The zero-order chi connectivity index (χ0) is 14.7. The van der Waals surface area contributed by atoms with Gasteiger partial charge in [0.15, 0.2) is 0 Å². The number of aromatic carboxylic acids is 1. The van der Waals surface area contributed by atoms with E-state index in [9.17, 15) is 4.79 Å². The fraction of sp³-hybridized carbons (Fsp3) is 0.462. The van der Waals surface area contributed by atoms with Crippen LogP contribution in [-0.2, 0) is 0 Å². The van der Waals surface area contributed by atoms with Crippen molar-refractivity contribution in [3.8, 4) is 0 Å². The van der Waals surface area contributed by atoms with E-state index in [0.717, 1.165) is 5.69 Å². The van der Waals surface area contributed by atoms with Gasteiger partial charge in [-0.15, -0.1) is 0 Å². The second-order valence-electron chi connectivity index (χ2n) is 3.94. The first-order valence-corrected chi connectivity index (χ1v) is 5.96. The third-order valence-electron chi connectivity index (χ3n) is 2.21. The van der Waals surface area contributed by atoms with Gasteiger partial charge < -0.3 is 25.5 Å². The van der Waals surface area contributed by atoms with E-state index in [2.05, 4.69) is 5.32 Å². The third kappa shape index (κ3) is 8.15. The minimum absolute atomic E-state index is 0.139. The van der Waals surface area contributed by atoms with E-state index >= 15 is 0 Å². The zero-order valence-electron chi connectivity index (χ0n) is 11.3. The first-order valence-electron chi connectivity index (χ1n) is 5.96. The maximum atomic E-state index is 10.5. The largest absolute Gasteiger partial charge is 0.478 e. The Labute approximate surface area is 113 Å². The van der Waals surface area contributed by atoms with Crippen molar-refractivity contribution in [3.63, 3.8) is 0 Å². The Balaban J connectivity index is 0.000000399. The standard InChI is InChI=1S/C9H11NO2.C4H11NO2/c1-10(2)8-5-3-7(4-6-8)9(11)12;6-3-1-5-2-4-7/h3-6H,1-2H3,(H,11,12);5-7H,1-4H2. The average molecular weight is 270 g/mol. The predicted octanol–water partition coefficient (Wildman–Crippen LogP) is 0.0114. The highest BCUT2D eigenvalue weighted by Gasteiger charge is 2.01. The van der Waals surface area contributed by atoms with Gasteiger partial charge in [0.05, 0.1) is 18.8 Å². The molecule has 1 aromatic carbocycles. The minimum atomic E-state index is -0.889. The number of carboxylic acid groups (broad SMARTS) is 1. The Hall–Kier alpha value is -1.63. The summed E-state index contributed by atoms with van der Waals surface area (Å²) in [6.07, 6.45) is 0. The Morgan fingerprint density at radius 1 is 1.11 bits per heavy atom. The molecule has 0 saturated carbocycles. The second kappa shape index (κ2) is 10.3. The Morgan fingerprint density at radius 3 is 1.89 bits per heavy atom. The highest BCUT2D eigenvalue weighted by atomic mass is 16.4. The van der Waals surface area contributed by atoms with Crippen LogP contribution >= 0.6 is 0 Å². The van der Waals surface area contributed by atoms with Crippen molar-refractivity contribution in [2.75, 3.05) is 45.3 Å². The second-order valence-corrected chi connectivity index (χ2v) is 3.94. The summed E-state index contributed by atoms with van der Waals surface area (Å²) in [6, 6.07) is 6.75. The van der Waals surface area contributed by atoms with Crippen LogP contribution in [0.25, 0.3) is 0 Å². The van der Waals surface area contributed by atoms with Crippen molar-refractivity contribution in [2.24, 2.45) is 0 Å². The van der Waals surface area contributed by atoms with Gasteiger partial charge in [0.2, 0.25) is 0 Å². The van der Waals surface area contributed by atoms with Gasteiger partial charge in [-0.2, -0.15) is 0 Å². The Kier molecular flexibility index (Phi) is 9.42. The molecule has 0 saturated heterocycles. The molecular formula is C13H22N2O4. The van der Waals surface area contributed by atoms with E-state index in [1.807, 2.05) is 19.0 Å². The summed E-state index contributed by atoms with van der Waals surface area (Å²) in [5, 5.41) is 27.7. The number of benzene rings is 1. The summed E-state index contributed by atoms with van der Waals surface area (Å²) in [4.78, 5) is 12.4. The lowest BCUT2D eigenvalue weighted by Crippen LogP contribution is -2.21. The number of aliphatic hydroxyl groups is 2. The van der Waals surface area contributed by atoms with Gasteiger partial charge in [-0.05, 0) is 24.3 Å². The number of aliphatic hydroxyl groups excluding tert-OH is 2. The van der Waals surface area contributed by atoms with Crippen LogP contribution in [0.3, 0.4) is 0 Å². The normalized spacial score (nSPS) is 9.47. The highest BCUT2D eigenvalue weighted by Crippen LogP contribution is 2.11. The van der Waals surface area contributed by atoms with Crippen LogP contribution < -0.4 is 10.2 Å². The molecule has 0 spiro atoms. The van der Waals surface area contributed by atoms with E-state index in [-0.39, 0.29) is 13.2 Å². The van der Waals surface area contributed by atoms with Gasteiger partial charge in [-0.1, -0.05) is 0 Å². The quantitative estimate of drug-likeness (QED) is 0.544. The molecule has 19 heavy (non-hydrogen) atoms. The van der Waals surface area contributed by atoms with E-state index in [4.69, 9.17) is 15.3 Å². The van der Waals surface area contributed by atoms with E-state index in [1.165, 1.54) is 0 Å². The lowest BCUT2D eigenvalue weighted by Gasteiger charge is -2.11. The first kappa shape index (κ1) is 17.4. The summed E-state index contributed by atoms with van der Waals surface area (Å²) in [5.41, 5.74) is 1.32. The zero-order valence-corrected chi connectivity index (χ0v) is 11.3. The van der Waals surface area contributed by atoms with Crippen LogP contribution in [0.2, 0.25) is 0 Å². The van der Waals surface area contributed by atoms with E-state index in [0.29, 0.717) is 18.7 Å². The Bertz CT molecular complexity index is 348. The molecule has 108 valence electrons. The number of carbonyl (C=O) groups is 1. The molecular weight excluding hydrogens is 248 g/mol. The number of hydrogen-bond donors (Lipinski definition) is 4. The summed E-state index contributed by atoms with van der Waals surface area (Å²) < 4.78 is 0. The van der Waals surface area contributed by atoms with Gasteiger partial charge >= 0.3 is 5.97 Å². The van der Waals surface area contributed by atoms with Crippen molar-refractivity contribution >= 4 is 11.7 Å². The fourth-order valence-electron chi connectivity index (χ4n) is 1.19. The SMILES string of the molecule is CN(C)c1ccc(C(=O)O)cc1.OCCNCCO. The predicted molar refractivity (Wildman–Crippen MR) is 74.8 cm³/mol. The third-order valence-corrected chi connectivity index (χ3v) is 2.21. The fourth-order valence-corrected chi connectivity index (χ4v) is 1.19. The van der Waals surface area contributed by atoms with E-state index in [1.54, 1.807) is 24.3 Å². The number of rotatable bonds is 6. The maximum Gasteiger partial charge on any atom is 0.335 e. The molecule has 4 N–H and O–H groups in total. The van der Waals surface area contributed by atoms with Crippen LogP contribution in [0.5, 0.6) is 0 Å². The van der Waals surface area contributed by atoms with Crippen molar-refractivity contribution in [1.82, 2.24) is 5.32 Å². The molecule has 0 aliphatic heterocycles. The molecule has 0 fully saturated rings. The average Bonchev–Trinajstić information content (AvgIpc) is 2.40. The van der Waals surface area contributed by atoms with E-state index < -0.39 is 5.97 Å². The molecule has 0 atom stereocenters. The van der Waals surface area contributed by atoms with Crippen LogP contribution in [0.1, 0.15) is 10.4 Å². The molecule has 0 aliphatic rings. The van der Waals surface area contributed by atoms with Gasteiger partial charge in [0.1, 0.15) is 0 Å². The lowest BCUT2D eigenvalue weighted by molar-refractivity contribution is 0.0697. The summed E-state index contributed by atoms with van der Waals surface area (Å²) >= 11 is 0. The Morgan fingerprint density at radius 2 is 1.58 bits per heavy atom. The summed E-state index contributed by atoms with van der Waals surface area (Å²) in [6.45, 7) is 1.42. The molecule has 0 aromatic heterocycles. The number of nitrogens with zero attached hydrogens (tertiary/aromatic N) is 1. The molecule has 0 unspecified atom stereocenters. The van der Waals surface area contributed by atoms with Gasteiger partial charge in [0, 0.05) is 32.9 Å². The minimum Gasteiger partial charge on any atom is -0.478 e. The van der Waals surface area contributed by atoms with Crippen LogP contribution in [0.15, 0.2) is 24.3 Å². The molecule has 0 radical (unpaired) electrons. The number of anilines is 1. The number of carboxylic acids is 1. The number of nitrogens with one attached hydrogen (secondary N) is 1. The van der Waals surface area contributed by atoms with Crippen molar-refractivity contribution < 1.29 is 20.1 Å². The van der Waals surface area contributed by atoms with Crippen LogP contribution in [0, 0.1) is 0 Å². The molecule has 0 heterocycles. The van der Waals surface area contributed by atoms with Crippen LogP contribution in [0.4, 0.5) is 5.69 Å².